The molecule has 1 atom stereocenters. The van der Waals surface area contributed by atoms with E-state index in [0.29, 0.717) is 0 Å². The number of hydrogen-bond acceptors (Lipinski definition) is 1. The SMILES string of the molecule is C[N]CC([NH])C(=O)O. The molecule has 0 rings (SSSR count). The van der Waals surface area contributed by atoms with E-state index in [9.17, 15) is 4.79 Å². The maximum atomic E-state index is 9.84. The van der Waals surface area contributed by atoms with Crippen LogP contribution in [0.15, 0.2) is 0 Å². The lowest BCUT2D eigenvalue weighted by Crippen LogP contribution is -2.29. The Morgan fingerprint density at radius 2 is 2.50 bits per heavy atom. The van der Waals surface area contributed by atoms with Crippen LogP contribution in [0.2, 0.25) is 0 Å². The lowest BCUT2D eigenvalue weighted by molar-refractivity contribution is -0.138. The van der Waals surface area contributed by atoms with Gasteiger partial charge in [0.05, 0.1) is 0 Å². The van der Waals surface area contributed by atoms with Crippen molar-refractivity contribution in [2.45, 2.75) is 6.04 Å². The zero-order valence-corrected chi connectivity index (χ0v) is 4.59. The van der Waals surface area contributed by atoms with Gasteiger partial charge in [-0.3, -0.25) is 4.79 Å². The summed E-state index contributed by atoms with van der Waals surface area (Å²) in [6, 6.07) is -1.08. The van der Waals surface area contributed by atoms with E-state index in [0.717, 1.165) is 0 Å². The van der Waals surface area contributed by atoms with Crippen molar-refractivity contribution in [3.05, 3.63) is 0 Å². The molecule has 46 valence electrons. The Labute approximate surface area is 47.7 Å². The zero-order chi connectivity index (χ0) is 6.57. The van der Waals surface area contributed by atoms with Crippen LogP contribution in [0.4, 0.5) is 0 Å². The van der Waals surface area contributed by atoms with Gasteiger partial charge in [-0.1, -0.05) is 0 Å². The number of carboxylic acids is 1. The molecule has 0 bridgehead atoms. The number of carbonyl (C=O) groups is 1. The third-order valence-corrected chi connectivity index (χ3v) is 0.663. The minimum atomic E-state index is -1.12. The number of nitrogens with zero attached hydrogens (tertiary/aromatic N) is 1. The first-order chi connectivity index (χ1) is 3.68. The molecule has 2 radical (unpaired) electrons. The average Bonchev–Trinajstić information content (AvgIpc) is 1.67. The number of rotatable bonds is 3. The second-order valence-electron chi connectivity index (χ2n) is 1.39. The van der Waals surface area contributed by atoms with Gasteiger partial charge in [0.1, 0.15) is 6.04 Å². The van der Waals surface area contributed by atoms with Gasteiger partial charge in [0.25, 0.3) is 0 Å². The van der Waals surface area contributed by atoms with Crippen LogP contribution in [0, 0.1) is 0 Å². The summed E-state index contributed by atoms with van der Waals surface area (Å²) in [5.74, 6) is -1.12. The zero-order valence-electron chi connectivity index (χ0n) is 4.59. The third kappa shape index (κ3) is 2.54. The molecule has 0 aromatic rings. The molecule has 0 aromatic heterocycles. The third-order valence-electron chi connectivity index (χ3n) is 0.663. The summed E-state index contributed by atoms with van der Waals surface area (Å²) in [6.45, 7) is 0.0787. The fraction of sp³-hybridized carbons (Fsp3) is 0.750. The van der Waals surface area contributed by atoms with Gasteiger partial charge in [-0.05, 0) is 0 Å². The number of likely N-dealkylation sites (N-methyl/N-ethyl adjacent to an activating group) is 1. The molecule has 0 amide bonds. The standard InChI is InChI=1S/C4H8N2O2/c1-6-2-3(5)4(7)8/h3,5H,2H2,1H3,(H,7,8). The number of nitrogens with one attached hydrogen (secondary N) is 1. The molecule has 0 aliphatic heterocycles. The van der Waals surface area contributed by atoms with E-state index in [1.165, 1.54) is 7.05 Å². The Morgan fingerprint density at radius 1 is 2.00 bits per heavy atom. The van der Waals surface area contributed by atoms with Gasteiger partial charge in [0.15, 0.2) is 0 Å². The van der Waals surface area contributed by atoms with Crippen LogP contribution in [0.5, 0.6) is 0 Å². The highest BCUT2D eigenvalue weighted by molar-refractivity contribution is 5.73. The van der Waals surface area contributed by atoms with Gasteiger partial charge in [-0.15, -0.1) is 0 Å². The fourth-order valence-corrected chi connectivity index (χ4v) is 0.261. The average molecular weight is 116 g/mol. The van der Waals surface area contributed by atoms with Gasteiger partial charge in [-0.2, -0.15) is 0 Å². The largest absolute Gasteiger partial charge is 0.480 e. The lowest BCUT2D eigenvalue weighted by atomic mass is 10.3. The molecule has 4 nitrogen and oxygen atoms in total. The number of carboxylic acid groups (broad SMARTS) is 1. The predicted octanol–water partition coefficient (Wildman–Crippen LogP) is -1.04. The Kier molecular flexibility index (Phi) is 3.14. The van der Waals surface area contributed by atoms with Crippen molar-refractivity contribution in [3.8, 4) is 0 Å². The van der Waals surface area contributed by atoms with Gasteiger partial charge in [0.2, 0.25) is 0 Å². The van der Waals surface area contributed by atoms with Crippen LogP contribution in [0.25, 0.3) is 0 Å². The van der Waals surface area contributed by atoms with E-state index in [1.807, 2.05) is 0 Å². The van der Waals surface area contributed by atoms with E-state index >= 15 is 0 Å². The van der Waals surface area contributed by atoms with Crippen molar-refractivity contribution in [1.29, 1.82) is 0 Å². The molecular formula is C4H8N2O2. The summed E-state index contributed by atoms with van der Waals surface area (Å²) in [7, 11) is 1.49. The van der Waals surface area contributed by atoms with Gasteiger partial charge < -0.3 is 5.11 Å². The Bertz CT molecular complexity index is 84.1. The molecule has 0 aliphatic rings. The van der Waals surface area contributed by atoms with Crippen LogP contribution in [-0.4, -0.2) is 30.7 Å². The van der Waals surface area contributed by atoms with Gasteiger partial charge in [-0.25, -0.2) is 11.1 Å². The van der Waals surface area contributed by atoms with E-state index in [4.69, 9.17) is 10.8 Å². The van der Waals surface area contributed by atoms with E-state index in [1.54, 1.807) is 0 Å². The minimum absolute atomic E-state index is 0.0787. The van der Waals surface area contributed by atoms with E-state index in [2.05, 4.69) is 5.32 Å². The van der Waals surface area contributed by atoms with Crippen molar-refractivity contribution in [3.63, 3.8) is 0 Å². The Hall–Kier alpha value is -0.610. The molecule has 0 aromatic carbocycles. The van der Waals surface area contributed by atoms with Crippen molar-refractivity contribution < 1.29 is 9.90 Å². The van der Waals surface area contributed by atoms with E-state index in [-0.39, 0.29) is 6.54 Å². The first-order valence-corrected chi connectivity index (χ1v) is 2.18. The van der Waals surface area contributed by atoms with Crippen LogP contribution in [0.3, 0.4) is 0 Å². The maximum absolute atomic E-state index is 9.84. The highest BCUT2D eigenvalue weighted by atomic mass is 16.4. The monoisotopic (exact) mass is 116 g/mol. The van der Waals surface area contributed by atoms with Crippen LogP contribution >= 0.6 is 0 Å². The smallest absolute Gasteiger partial charge is 0.323 e. The van der Waals surface area contributed by atoms with Gasteiger partial charge >= 0.3 is 5.97 Å². The summed E-state index contributed by atoms with van der Waals surface area (Å²) in [5.41, 5.74) is 6.73. The second-order valence-corrected chi connectivity index (χ2v) is 1.39. The molecular weight excluding hydrogens is 108 g/mol. The van der Waals surface area contributed by atoms with Crippen molar-refractivity contribution in [2.24, 2.45) is 0 Å². The van der Waals surface area contributed by atoms with Crippen molar-refractivity contribution >= 4 is 5.97 Å². The Balaban J connectivity index is 3.32. The number of hydrogen-bond donors (Lipinski definition) is 1. The van der Waals surface area contributed by atoms with Crippen LogP contribution in [-0.2, 0) is 4.79 Å². The summed E-state index contributed by atoms with van der Waals surface area (Å²) < 4.78 is 0. The summed E-state index contributed by atoms with van der Waals surface area (Å²) in [5, 5.41) is 11.6. The predicted molar refractivity (Wildman–Crippen MR) is 27.4 cm³/mol. The molecule has 0 aliphatic carbocycles. The highest BCUT2D eigenvalue weighted by Gasteiger charge is 2.09. The van der Waals surface area contributed by atoms with E-state index < -0.39 is 12.0 Å². The van der Waals surface area contributed by atoms with Crippen LogP contribution in [0.1, 0.15) is 0 Å². The molecule has 1 unspecified atom stereocenters. The minimum Gasteiger partial charge on any atom is -0.480 e. The fourth-order valence-electron chi connectivity index (χ4n) is 0.261. The van der Waals surface area contributed by atoms with Crippen molar-refractivity contribution in [2.75, 3.05) is 13.6 Å². The summed E-state index contributed by atoms with van der Waals surface area (Å²) >= 11 is 0. The highest BCUT2D eigenvalue weighted by Crippen LogP contribution is 1.76. The molecule has 4 heteroatoms. The summed E-state index contributed by atoms with van der Waals surface area (Å²) in [4.78, 5) is 9.84. The first kappa shape index (κ1) is 7.39. The molecule has 0 saturated heterocycles. The summed E-state index contributed by atoms with van der Waals surface area (Å²) in [6.07, 6.45) is 0. The van der Waals surface area contributed by atoms with Crippen LogP contribution < -0.4 is 11.1 Å². The lowest BCUT2D eigenvalue weighted by Gasteiger charge is -1.99. The quantitative estimate of drug-likeness (QED) is 0.511. The number of aliphatic carboxylic acids is 1. The molecule has 0 saturated carbocycles. The second kappa shape index (κ2) is 3.40. The molecule has 2 N–H and O–H groups in total. The molecule has 0 spiro atoms. The molecule has 0 heterocycles. The van der Waals surface area contributed by atoms with Gasteiger partial charge in [0, 0.05) is 13.6 Å². The Morgan fingerprint density at radius 3 is 2.62 bits per heavy atom. The van der Waals surface area contributed by atoms with Crippen molar-refractivity contribution in [1.82, 2.24) is 11.1 Å². The maximum Gasteiger partial charge on any atom is 0.323 e. The topological polar surface area (TPSA) is 75.2 Å². The normalized spacial score (nSPS) is 13.2. The molecule has 8 heavy (non-hydrogen) atoms. The first-order valence-electron chi connectivity index (χ1n) is 2.18. The molecule has 0 fully saturated rings.